The summed E-state index contributed by atoms with van der Waals surface area (Å²) in [4.78, 5) is 44.6. The van der Waals surface area contributed by atoms with E-state index in [0.29, 0.717) is 43.0 Å². The van der Waals surface area contributed by atoms with Crippen molar-refractivity contribution >= 4 is 29.1 Å². The molecule has 3 fully saturated rings. The van der Waals surface area contributed by atoms with E-state index < -0.39 is 35.1 Å². The number of ether oxygens (including phenoxy) is 2. The number of anilines is 2. The van der Waals surface area contributed by atoms with Gasteiger partial charge in [0.25, 0.3) is 0 Å². The van der Waals surface area contributed by atoms with Crippen molar-refractivity contribution in [1.82, 2.24) is 4.90 Å². The summed E-state index contributed by atoms with van der Waals surface area (Å²) in [6.07, 6.45) is 1.30. The smallest absolute Gasteiger partial charge is 0.250 e. The van der Waals surface area contributed by atoms with Gasteiger partial charge in [0.05, 0.1) is 36.7 Å². The summed E-state index contributed by atoms with van der Waals surface area (Å²) in [5, 5.41) is 16.8. The third-order valence-electron chi connectivity index (χ3n) is 9.75. The first-order valence-electron chi connectivity index (χ1n) is 15.7. The number of rotatable bonds is 10. The molecular formula is C36H41N3O6. The molecule has 2 unspecified atom stereocenters. The highest BCUT2D eigenvalue weighted by atomic mass is 16.5. The van der Waals surface area contributed by atoms with Gasteiger partial charge in [0.2, 0.25) is 17.7 Å². The van der Waals surface area contributed by atoms with Crippen LogP contribution in [-0.4, -0.2) is 64.2 Å². The zero-order chi connectivity index (χ0) is 31.9. The van der Waals surface area contributed by atoms with Crippen LogP contribution >= 0.6 is 0 Å². The Morgan fingerprint density at radius 2 is 1.76 bits per heavy atom. The lowest BCUT2D eigenvalue weighted by molar-refractivity contribution is -0.146. The van der Waals surface area contributed by atoms with Crippen LogP contribution in [0.25, 0.3) is 0 Å². The predicted octanol–water partition coefficient (Wildman–Crippen LogP) is 4.65. The molecule has 6 rings (SSSR count). The molecule has 236 valence electrons. The number of aliphatic hydroxyl groups excluding tert-OH is 1. The Morgan fingerprint density at radius 3 is 2.44 bits per heavy atom. The Morgan fingerprint density at radius 1 is 1.02 bits per heavy atom. The maximum atomic E-state index is 14.6. The maximum Gasteiger partial charge on any atom is 0.250 e. The van der Waals surface area contributed by atoms with Crippen LogP contribution in [0.5, 0.6) is 5.75 Å². The normalized spacial score (nSPS) is 27.3. The topological polar surface area (TPSA) is 117 Å². The van der Waals surface area contributed by atoms with E-state index in [-0.39, 0.29) is 24.3 Å². The first-order valence-corrected chi connectivity index (χ1v) is 15.7. The molecule has 3 aliphatic heterocycles. The molecule has 0 saturated carbocycles. The van der Waals surface area contributed by atoms with E-state index in [0.717, 1.165) is 16.7 Å². The van der Waals surface area contributed by atoms with Gasteiger partial charge >= 0.3 is 0 Å². The van der Waals surface area contributed by atoms with Gasteiger partial charge in [-0.3, -0.25) is 14.4 Å². The number of amides is 3. The Kier molecular flexibility index (Phi) is 8.18. The van der Waals surface area contributed by atoms with Gasteiger partial charge in [0.15, 0.2) is 0 Å². The molecule has 3 amide bonds. The molecule has 0 radical (unpaired) electrons. The second kappa shape index (κ2) is 11.9. The van der Waals surface area contributed by atoms with E-state index in [9.17, 15) is 19.5 Å². The molecule has 45 heavy (non-hydrogen) atoms. The van der Waals surface area contributed by atoms with Crippen molar-refractivity contribution in [2.75, 3.05) is 23.8 Å². The van der Waals surface area contributed by atoms with Gasteiger partial charge in [-0.1, -0.05) is 42.5 Å². The number of hydrogen-bond acceptors (Lipinski definition) is 6. The zero-order valence-corrected chi connectivity index (χ0v) is 26.2. The van der Waals surface area contributed by atoms with Crippen molar-refractivity contribution in [3.05, 3.63) is 89.5 Å². The van der Waals surface area contributed by atoms with Gasteiger partial charge in [0.1, 0.15) is 17.4 Å². The van der Waals surface area contributed by atoms with E-state index in [1.807, 2.05) is 76.2 Å². The molecular weight excluding hydrogens is 570 g/mol. The summed E-state index contributed by atoms with van der Waals surface area (Å²) >= 11 is 0. The third-order valence-corrected chi connectivity index (χ3v) is 9.75. The quantitative estimate of drug-likeness (QED) is 0.307. The van der Waals surface area contributed by atoms with Crippen LogP contribution in [0.4, 0.5) is 11.4 Å². The first-order chi connectivity index (χ1) is 21.6. The van der Waals surface area contributed by atoms with Crippen LogP contribution in [0.15, 0.2) is 72.8 Å². The average Bonchev–Trinajstić information content (AvgIpc) is 3.60. The minimum absolute atomic E-state index is 0.333. The van der Waals surface area contributed by atoms with Crippen LogP contribution in [0, 0.1) is 25.7 Å². The number of aryl methyl sites for hydroxylation is 2. The average molecular weight is 612 g/mol. The van der Waals surface area contributed by atoms with Gasteiger partial charge < -0.3 is 30.1 Å². The van der Waals surface area contributed by atoms with E-state index in [4.69, 9.17) is 9.47 Å². The monoisotopic (exact) mass is 611 g/mol. The molecule has 0 aliphatic carbocycles. The first kappa shape index (κ1) is 30.8. The zero-order valence-electron chi connectivity index (χ0n) is 26.2. The van der Waals surface area contributed by atoms with Gasteiger partial charge in [-0.25, -0.2) is 0 Å². The standard InChI is InChI=1S/C36H41N3O6/c1-5-44-27-15-13-25(14-16-27)37-32(41)29-30-34(43)39(26(21-40)20-24-9-7-6-8-10-24)31(36(30)18-17-35(29,4)45-36)33(42)38-28-19-22(2)11-12-23(28)3/h6-16,19,26,29-31,40H,5,17-18,20-21H2,1-4H3,(H,37,41)(H,38,42)/t26-,29-,30+,31?,35+,36?/m1/s1. The molecule has 2 bridgehead atoms. The van der Waals surface area contributed by atoms with Crippen molar-refractivity contribution in [3.63, 3.8) is 0 Å². The summed E-state index contributed by atoms with van der Waals surface area (Å²) in [6, 6.07) is 20.8. The largest absolute Gasteiger partial charge is 0.494 e. The van der Waals surface area contributed by atoms with Crippen molar-refractivity contribution in [1.29, 1.82) is 0 Å². The number of nitrogens with one attached hydrogen (secondary N) is 2. The Bertz CT molecular complexity index is 1590. The summed E-state index contributed by atoms with van der Waals surface area (Å²) in [6.45, 7) is 7.82. The van der Waals surface area contributed by atoms with E-state index in [1.54, 1.807) is 24.3 Å². The van der Waals surface area contributed by atoms with Crippen LogP contribution in [0.1, 0.15) is 43.4 Å². The summed E-state index contributed by atoms with van der Waals surface area (Å²) in [5.74, 6) is -2.09. The van der Waals surface area contributed by atoms with E-state index >= 15 is 0 Å². The fraction of sp³-hybridized carbons (Fsp3) is 0.417. The van der Waals surface area contributed by atoms with Gasteiger partial charge in [-0.05, 0) is 94.0 Å². The lowest BCUT2D eigenvalue weighted by Gasteiger charge is -2.37. The summed E-state index contributed by atoms with van der Waals surface area (Å²) in [7, 11) is 0. The van der Waals surface area contributed by atoms with Crippen LogP contribution in [-0.2, 0) is 25.5 Å². The fourth-order valence-electron chi connectivity index (χ4n) is 7.69. The van der Waals surface area contributed by atoms with Crippen molar-refractivity contribution in [2.45, 2.75) is 70.2 Å². The van der Waals surface area contributed by atoms with Crippen molar-refractivity contribution < 1.29 is 29.0 Å². The molecule has 9 nitrogen and oxygen atoms in total. The van der Waals surface area contributed by atoms with E-state index in [1.165, 1.54) is 4.90 Å². The molecule has 3 aromatic rings. The lowest BCUT2D eigenvalue weighted by atomic mass is 9.66. The minimum atomic E-state index is -1.22. The van der Waals surface area contributed by atoms with Gasteiger partial charge in [-0.15, -0.1) is 0 Å². The Labute approximate surface area is 263 Å². The van der Waals surface area contributed by atoms with Crippen LogP contribution in [0.2, 0.25) is 0 Å². The van der Waals surface area contributed by atoms with Crippen LogP contribution < -0.4 is 15.4 Å². The minimum Gasteiger partial charge on any atom is -0.494 e. The molecule has 3 N–H and O–H groups in total. The SMILES string of the molecule is CCOc1ccc(NC(=O)[C@H]2[C@H]3C(=O)N([C@@H](CO)Cc4ccccc4)C(C(=O)Nc4cc(C)ccc4C)C34CC[C@]2(C)O4)cc1. The van der Waals surface area contributed by atoms with Crippen LogP contribution in [0.3, 0.4) is 0 Å². The number of carbonyl (C=O) groups excluding carboxylic acids is 3. The highest BCUT2D eigenvalue weighted by Gasteiger charge is 2.78. The third kappa shape index (κ3) is 5.38. The number of aliphatic hydroxyl groups is 1. The number of likely N-dealkylation sites (tertiary alicyclic amines) is 1. The molecule has 6 atom stereocenters. The second-order valence-electron chi connectivity index (χ2n) is 12.8. The molecule has 3 saturated heterocycles. The molecule has 9 heteroatoms. The van der Waals surface area contributed by atoms with Crippen molar-refractivity contribution in [2.24, 2.45) is 11.8 Å². The van der Waals surface area contributed by atoms with Gasteiger partial charge in [0, 0.05) is 11.4 Å². The number of benzene rings is 3. The lowest BCUT2D eigenvalue weighted by Crippen LogP contribution is -2.57. The number of nitrogens with zero attached hydrogens (tertiary/aromatic N) is 1. The predicted molar refractivity (Wildman–Crippen MR) is 171 cm³/mol. The fourth-order valence-corrected chi connectivity index (χ4v) is 7.69. The molecule has 1 spiro atoms. The second-order valence-corrected chi connectivity index (χ2v) is 12.8. The highest BCUT2D eigenvalue weighted by Crippen LogP contribution is 2.63. The molecule has 3 aliphatic rings. The summed E-state index contributed by atoms with van der Waals surface area (Å²) < 4.78 is 12.3. The van der Waals surface area contributed by atoms with Gasteiger partial charge in [-0.2, -0.15) is 0 Å². The summed E-state index contributed by atoms with van der Waals surface area (Å²) in [5.41, 5.74) is 1.87. The van der Waals surface area contributed by atoms with E-state index in [2.05, 4.69) is 10.6 Å². The molecule has 3 heterocycles. The van der Waals surface area contributed by atoms with Crippen molar-refractivity contribution in [3.8, 4) is 5.75 Å². The number of hydrogen-bond donors (Lipinski definition) is 3. The maximum absolute atomic E-state index is 14.6. The molecule has 3 aromatic carbocycles. The molecule has 0 aromatic heterocycles. The highest BCUT2D eigenvalue weighted by molar-refractivity contribution is 6.05. The Hall–Kier alpha value is -4.21. The number of carbonyl (C=O) groups is 3. The Balaban J connectivity index is 1.37. The number of fused-ring (bicyclic) bond motifs is 1.